The van der Waals surface area contributed by atoms with Crippen molar-refractivity contribution in [1.29, 1.82) is 0 Å². The van der Waals surface area contributed by atoms with E-state index in [1.807, 2.05) is 0 Å². The second-order valence-corrected chi connectivity index (χ2v) is 5.32. The molecule has 0 unspecified atom stereocenters. The number of rotatable bonds is 4. The molecule has 2 rings (SSSR count). The summed E-state index contributed by atoms with van der Waals surface area (Å²) in [6.45, 7) is -0.266. The van der Waals surface area contributed by atoms with Gasteiger partial charge in [-0.05, 0) is 36.4 Å². The van der Waals surface area contributed by atoms with Crippen LogP contribution in [-0.2, 0) is 4.79 Å². The Hall–Kier alpha value is -2.74. The molecule has 0 bridgehead atoms. The zero-order valence-corrected chi connectivity index (χ0v) is 13.5. The minimum atomic E-state index is -0.556. The van der Waals surface area contributed by atoms with E-state index in [1.165, 1.54) is 12.3 Å². The summed E-state index contributed by atoms with van der Waals surface area (Å²) in [4.78, 5) is 38.9. The highest BCUT2D eigenvalue weighted by atomic mass is 79.9. The predicted molar refractivity (Wildman–Crippen MR) is 86.3 cm³/mol. The number of aromatic nitrogens is 1. The van der Waals surface area contributed by atoms with Crippen molar-refractivity contribution in [2.24, 2.45) is 0 Å². The summed E-state index contributed by atoms with van der Waals surface area (Å²) in [6.07, 6.45) is 1.47. The molecule has 2 aromatic rings. The molecule has 3 N–H and O–H groups in total. The van der Waals surface area contributed by atoms with Crippen LogP contribution in [0.3, 0.4) is 0 Å². The number of pyridine rings is 1. The first-order chi connectivity index (χ1) is 11.1. The van der Waals surface area contributed by atoms with E-state index in [0.29, 0.717) is 5.56 Å². The fourth-order valence-electron chi connectivity index (χ4n) is 1.60. The number of carbonyl (C=O) groups excluding carboxylic acids is 3. The summed E-state index contributed by atoms with van der Waals surface area (Å²) in [7, 11) is 0. The van der Waals surface area contributed by atoms with Crippen molar-refractivity contribution in [2.45, 2.75) is 0 Å². The highest BCUT2D eigenvalue weighted by molar-refractivity contribution is 9.10. The van der Waals surface area contributed by atoms with Crippen LogP contribution in [-0.4, -0.2) is 29.3 Å². The number of nitrogens with zero attached hydrogens (tertiary/aromatic N) is 1. The molecule has 0 aliphatic heterocycles. The van der Waals surface area contributed by atoms with Crippen LogP contribution in [0.1, 0.15) is 20.8 Å². The molecule has 1 heterocycles. The quantitative estimate of drug-likeness (QED) is 0.693. The Balaban J connectivity index is 1.76. The Labute approximate surface area is 140 Å². The maximum atomic E-state index is 11.8. The Kier molecular flexibility index (Phi) is 5.81. The van der Waals surface area contributed by atoms with E-state index in [-0.39, 0.29) is 18.1 Å². The van der Waals surface area contributed by atoms with Crippen molar-refractivity contribution in [1.82, 2.24) is 21.2 Å². The van der Waals surface area contributed by atoms with Gasteiger partial charge >= 0.3 is 0 Å². The lowest BCUT2D eigenvalue weighted by atomic mass is 10.2. The average molecular weight is 377 g/mol. The lowest BCUT2D eigenvalue weighted by molar-refractivity contribution is -0.120. The molecule has 0 spiro atoms. The van der Waals surface area contributed by atoms with Gasteiger partial charge in [-0.1, -0.05) is 22.0 Å². The van der Waals surface area contributed by atoms with Crippen LogP contribution in [0.5, 0.6) is 0 Å². The van der Waals surface area contributed by atoms with Crippen LogP contribution in [0.15, 0.2) is 53.1 Å². The Morgan fingerprint density at radius 1 is 0.957 bits per heavy atom. The SMILES string of the molecule is O=C(CNC(=O)c1ccc(Br)cc1)NNC(=O)c1ccccn1. The van der Waals surface area contributed by atoms with Gasteiger partial charge < -0.3 is 5.32 Å². The number of carbonyl (C=O) groups is 3. The fraction of sp³-hybridized carbons (Fsp3) is 0.0667. The highest BCUT2D eigenvalue weighted by Gasteiger charge is 2.10. The van der Waals surface area contributed by atoms with Gasteiger partial charge in [0.25, 0.3) is 17.7 Å². The van der Waals surface area contributed by atoms with E-state index in [4.69, 9.17) is 0 Å². The normalized spacial score (nSPS) is 9.78. The van der Waals surface area contributed by atoms with Gasteiger partial charge in [-0.2, -0.15) is 0 Å². The van der Waals surface area contributed by atoms with Gasteiger partial charge in [0, 0.05) is 16.2 Å². The molecule has 0 radical (unpaired) electrons. The van der Waals surface area contributed by atoms with Crippen LogP contribution >= 0.6 is 15.9 Å². The Morgan fingerprint density at radius 2 is 1.70 bits per heavy atom. The minimum absolute atomic E-state index is 0.173. The molecule has 23 heavy (non-hydrogen) atoms. The maximum absolute atomic E-state index is 11.8. The zero-order chi connectivity index (χ0) is 16.7. The van der Waals surface area contributed by atoms with Crippen molar-refractivity contribution < 1.29 is 14.4 Å². The number of nitrogens with one attached hydrogen (secondary N) is 3. The van der Waals surface area contributed by atoms with Gasteiger partial charge in [0.2, 0.25) is 0 Å². The summed E-state index contributed by atoms with van der Waals surface area (Å²) in [5.41, 5.74) is 5.01. The van der Waals surface area contributed by atoms with Gasteiger partial charge in [-0.3, -0.25) is 30.2 Å². The van der Waals surface area contributed by atoms with Crippen LogP contribution in [0.4, 0.5) is 0 Å². The first-order valence-corrected chi connectivity index (χ1v) is 7.39. The number of amides is 3. The lowest BCUT2D eigenvalue weighted by Gasteiger charge is -2.08. The van der Waals surface area contributed by atoms with Crippen molar-refractivity contribution in [3.63, 3.8) is 0 Å². The molecule has 0 saturated carbocycles. The fourth-order valence-corrected chi connectivity index (χ4v) is 1.86. The smallest absolute Gasteiger partial charge is 0.288 e. The number of halogens is 1. The first-order valence-electron chi connectivity index (χ1n) is 6.60. The third kappa shape index (κ3) is 5.19. The molecule has 7 nitrogen and oxygen atoms in total. The largest absolute Gasteiger partial charge is 0.343 e. The van der Waals surface area contributed by atoms with E-state index >= 15 is 0 Å². The molecule has 8 heteroatoms. The van der Waals surface area contributed by atoms with Gasteiger partial charge in [0.05, 0.1) is 6.54 Å². The third-order valence-corrected chi connectivity index (χ3v) is 3.26. The van der Waals surface area contributed by atoms with Gasteiger partial charge in [-0.25, -0.2) is 0 Å². The molecule has 0 fully saturated rings. The van der Waals surface area contributed by atoms with Gasteiger partial charge in [-0.15, -0.1) is 0 Å². The van der Waals surface area contributed by atoms with Gasteiger partial charge in [0.1, 0.15) is 5.69 Å². The van der Waals surface area contributed by atoms with Crippen molar-refractivity contribution >= 4 is 33.7 Å². The summed E-state index contributed by atoms with van der Waals surface area (Å²) < 4.78 is 0.851. The van der Waals surface area contributed by atoms with Crippen LogP contribution in [0, 0.1) is 0 Å². The molecule has 0 aliphatic carbocycles. The van der Waals surface area contributed by atoms with Crippen LogP contribution in [0.2, 0.25) is 0 Å². The van der Waals surface area contributed by atoms with Crippen LogP contribution < -0.4 is 16.2 Å². The average Bonchev–Trinajstić information content (AvgIpc) is 2.59. The van der Waals surface area contributed by atoms with Crippen molar-refractivity contribution in [3.8, 4) is 0 Å². The van der Waals surface area contributed by atoms with E-state index in [0.717, 1.165) is 4.47 Å². The summed E-state index contributed by atoms with van der Waals surface area (Å²) in [5, 5.41) is 2.45. The Bertz CT molecular complexity index is 704. The summed E-state index contributed by atoms with van der Waals surface area (Å²) >= 11 is 3.27. The summed E-state index contributed by atoms with van der Waals surface area (Å²) in [5.74, 6) is -1.48. The Morgan fingerprint density at radius 3 is 2.35 bits per heavy atom. The molecule has 0 aliphatic rings. The molecule has 1 aromatic carbocycles. The molecule has 1 aromatic heterocycles. The third-order valence-electron chi connectivity index (χ3n) is 2.73. The van der Waals surface area contributed by atoms with E-state index < -0.39 is 11.8 Å². The number of benzene rings is 1. The summed E-state index contributed by atoms with van der Waals surface area (Å²) in [6, 6.07) is 11.5. The molecular weight excluding hydrogens is 364 g/mol. The highest BCUT2D eigenvalue weighted by Crippen LogP contribution is 2.10. The van der Waals surface area contributed by atoms with Crippen molar-refractivity contribution in [3.05, 3.63) is 64.4 Å². The van der Waals surface area contributed by atoms with E-state index in [2.05, 4.69) is 37.1 Å². The van der Waals surface area contributed by atoms with Crippen LogP contribution in [0.25, 0.3) is 0 Å². The molecule has 0 atom stereocenters. The first kappa shape index (κ1) is 16.6. The second kappa shape index (κ2) is 8.04. The monoisotopic (exact) mass is 376 g/mol. The van der Waals surface area contributed by atoms with Gasteiger partial charge in [0.15, 0.2) is 0 Å². The molecular formula is C15H13BrN4O3. The number of hydrogen-bond donors (Lipinski definition) is 3. The maximum Gasteiger partial charge on any atom is 0.288 e. The molecule has 0 saturated heterocycles. The van der Waals surface area contributed by atoms with Crippen molar-refractivity contribution in [2.75, 3.05) is 6.54 Å². The molecule has 3 amide bonds. The topological polar surface area (TPSA) is 100 Å². The lowest BCUT2D eigenvalue weighted by Crippen LogP contribution is -2.46. The minimum Gasteiger partial charge on any atom is -0.343 e. The van der Waals surface area contributed by atoms with E-state index in [1.54, 1.807) is 36.4 Å². The van der Waals surface area contributed by atoms with E-state index in [9.17, 15) is 14.4 Å². The second-order valence-electron chi connectivity index (χ2n) is 4.41. The number of hydrazine groups is 1. The predicted octanol–water partition coefficient (Wildman–Crippen LogP) is 1.04. The number of hydrogen-bond acceptors (Lipinski definition) is 4. The standard InChI is InChI=1S/C15H13BrN4O3/c16-11-6-4-10(5-7-11)14(22)18-9-13(21)19-20-15(23)12-3-1-2-8-17-12/h1-8H,9H2,(H,18,22)(H,19,21)(H,20,23). The zero-order valence-electron chi connectivity index (χ0n) is 11.9. The molecule has 118 valence electrons.